The van der Waals surface area contributed by atoms with Crippen LogP contribution < -0.4 is 20.5 Å². The molecule has 108 valence electrons. The molecule has 3 atom stereocenters. The summed E-state index contributed by atoms with van der Waals surface area (Å²) in [5, 5.41) is 3.00. The minimum Gasteiger partial charge on any atom is -0.485 e. The van der Waals surface area contributed by atoms with Crippen molar-refractivity contribution in [3.8, 4) is 11.5 Å². The lowest BCUT2D eigenvalue weighted by Crippen LogP contribution is -2.54. The maximum absolute atomic E-state index is 12.3. The van der Waals surface area contributed by atoms with Crippen molar-refractivity contribution in [2.75, 3.05) is 6.61 Å². The molecule has 1 amide bonds. The molecule has 3 rings (SSSR count). The summed E-state index contributed by atoms with van der Waals surface area (Å²) in [6, 6.07) is 7.48. The van der Waals surface area contributed by atoms with Crippen molar-refractivity contribution in [1.29, 1.82) is 0 Å². The van der Waals surface area contributed by atoms with E-state index in [2.05, 4.69) is 5.32 Å². The quantitative estimate of drug-likeness (QED) is 0.851. The standard InChI is InChI=1S/C15H20N2O3/c16-10-5-1-2-6-11(10)17-15(18)14-9-19-12-7-3-4-8-13(12)20-14/h3-4,7-8,10-11,14H,1-2,5-6,9,16H2,(H,17,18)/t10-,11+,14+/m1/s1. The van der Waals surface area contributed by atoms with Gasteiger partial charge in [0.05, 0.1) is 0 Å². The molecule has 1 aromatic rings. The number of amides is 1. The predicted octanol–water partition coefficient (Wildman–Crippen LogP) is 1.21. The van der Waals surface area contributed by atoms with Crippen LogP contribution in [0.3, 0.4) is 0 Å². The Morgan fingerprint density at radius 3 is 2.75 bits per heavy atom. The Bertz CT molecular complexity index is 492. The summed E-state index contributed by atoms with van der Waals surface area (Å²) in [5.74, 6) is 1.17. The van der Waals surface area contributed by atoms with Gasteiger partial charge in [-0.3, -0.25) is 4.79 Å². The Labute approximate surface area is 118 Å². The van der Waals surface area contributed by atoms with Crippen molar-refractivity contribution in [2.24, 2.45) is 5.73 Å². The van der Waals surface area contributed by atoms with Gasteiger partial charge in [0.25, 0.3) is 5.91 Å². The molecule has 1 aliphatic heterocycles. The highest BCUT2D eigenvalue weighted by atomic mass is 16.6. The van der Waals surface area contributed by atoms with E-state index in [0.29, 0.717) is 11.5 Å². The van der Waals surface area contributed by atoms with Crippen LogP contribution in [0.5, 0.6) is 11.5 Å². The van der Waals surface area contributed by atoms with Crippen LogP contribution in [0, 0.1) is 0 Å². The van der Waals surface area contributed by atoms with Gasteiger partial charge in [-0.15, -0.1) is 0 Å². The maximum atomic E-state index is 12.3. The number of nitrogens with two attached hydrogens (primary N) is 1. The number of benzene rings is 1. The summed E-state index contributed by atoms with van der Waals surface area (Å²) in [4.78, 5) is 12.3. The molecule has 0 radical (unpaired) electrons. The second-order valence-corrected chi connectivity index (χ2v) is 5.43. The van der Waals surface area contributed by atoms with Crippen LogP contribution in [0.4, 0.5) is 0 Å². The van der Waals surface area contributed by atoms with E-state index < -0.39 is 6.10 Å². The van der Waals surface area contributed by atoms with Crippen LogP contribution in [0.1, 0.15) is 25.7 Å². The number of para-hydroxylation sites is 2. The van der Waals surface area contributed by atoms with Gasteiger partial charge in [-0.2, -0.15) is 0 Å². The SMILES string of the molecule is N[C@@H]1CCCC[C@@H]1NC(=O)[C@@H]1COc2ccccc2O1. The largest absolute Gasteiger partial charge is 0.485 e. The summed E-state index contributed by atoms with van der Waals surface area (Å²) in [7, 11) is 0. The molecule has 2 aliphatic rings. The van der Waals surface area contributed by atoms with E-state index in [-0.39, 0.29) is 24.6 Å². The summed E-state index contributed by atoms with van der Waals surface area (Å²) in [6.07, 6.45) is 3.57. The zero-order chi connectivity index (χ0) is 13.9. The smallest absolute Gasteiger partial charge is 0.264 e. The van der Waals surface area contributed by atoms with Gasteiger partial charge in [-0.25, -0.2) is 0 Å². The van der Waals surface area contributed by atoms with Crippen molar-refractivity contribution >= 4 is 5.91 Å². The summed E-state index contributed by atoms with van der Waals surface area (Å²) < 4.78 is 11.2. The van der Waals surface area contributed by atoms with Gasteiger partial charge in [0.1, 0.15) is 6.61 Å². The van der Waals surface area contributed by atoms with Gasteiger partial charge in [-0.1, -0.05) is 25.0 Å². The molecule has 0 aromatic heterocycles. The van der Waals surface area contributed by atoms with Gasteiger partial charge in [0, 0.05) is 12.1 Å². The second kappa shape index (κ2) is 5.71. The number of hydrogen-bond acceptors (Lipinski definition) is 4. The van der Waals surface area contributed by atoms with E-state index in [0.717, 1.165) is 25.7 Å². The van der Waals surface area contributed by atoms with E-state index >= 15 is 0 Å². The fourth-order valence-corrected chi connectivity index (χ4v) is 2.76. The number of nitrogens with one attached hydrogen (secondary N) is 1. The van der Waals surface area contributed by atoms with Crippen LogP contribution in [0.25, 0.3) is 0 Å². The number of ether oxygens (including phenoxy) is 2. The average Bonchev–Trinajstić information content (AvgIpc) is 2.49. The summed E-state index contributed by atoms with van der Waals surface area (Å²) >= 11 is 0. The first kappa shape index (κ1) is 13.2. The van der Waals surface area contributed by atoms with E-state index in [1.165, 1.54) is 0 Å². The maximum Gasteiger partial charge on any atom is 0.264 e. The molecule has 1 aromatic carbocycles. The predicted molar refractivity (Wildman–Crippen MR) is 74.7 cm³/mol. The first-order valence-electron chi connectivity index (χ1n) is 7.18. The van der Waals surface area contributed by atoms with Crippen molar-refractivity contribution in [1.82, 2.24) is 5.32 Å². The lowest BCUT2D eigenvalue weighted by Gasteiger charge is -2.32. The van der Waals surface area contributed by atoms with Gasteiger partial charge >= 0.3 is 0 Å². The molecule has 0 spiro atoms. The molecule has 1 aliphatic carbocycles. The highest BCUT2D eigenvalue weighted by molar-refractivity contribution is 5.82. The Balaban J connectivity index is 1.61. The number of rotatable bonds is 2. The van der Waals surface area contributed by atoms with Crippen LogP contribution in [-0.4, -0.2) is 30.7 Å². The Morgan fingerprint density at radius 2 is 1.95 bits per heavy atom. The molecule has 20 heavy (non-hydrogen) atoms. The third kappa shape index (κ3) is 2.72. The topological polar surface area (TPSA) is 73.6 Å². The fraction of sp³-hybridized carbons (Fsp3) is 0.533. The molecule has 0 unspecified atom stereocenters. The van der Waals surface area contributed by atoms with Gasteiger partial charge < -0.3 is 20.5 Å². The Kier molecular flexibility index (Phi) is 3.78. The molecule has 5 heteroatoms. The van der Waals surface area contributed by atoms with E-state index in [1.54, 1.807) is 6.07 Å². The summed E-state index contributed by atoms with van der Waals surface area (Å²) in [6.45, 7) is 0.241. The van der Waals surface area contributed by atoms with Crippen LogP contribution >= 0.6 is 0 Å². The summed E-state index contributed by atoms with van der Waals surface area (Å²) in [5.41, 5.74) is 6.05. The van der Waals surface area contributed by atoms with E-state index in [4.69, 9.17) is 15.2 Å². The number of carbonyl (C=O) groups excluding carboxylic acids is 1. The van der Waals surface area contributed by atoms with Crippen molar-refractivity contribution < 1.29 is 14.3 Å². The second-order valence-electron chi connectivity index (χ2n) is 5.43. The van der Waals surface area contributed by atoms with E-state index in [1.807, 2.05) is 18.2 Å². The highest BCUT2D eigenvalue weighted by Crippen LogP contribution is 2.31. The minimum absolute atomic E-state index is 0.0458. The molecular formula is C15H20N2O3. The Hall–Kier alpha value is -1.75. The van der Waals surface area contributed by atoms with Crippen molar-refractivity contribution in [3.63, 3.8) is 0 Å². The first-order chi connectivity index (χ1) is 9.74. The Morgan fingerprint density at radius 1 is 1.20 bits per heavy atom. The zero-order valence-electron chi connectivity index (χ0n) is 11.4. The van der Waals surface area contributed by atoms with Crippen molar-refractivity contribution in [2.45, 2.75) is 43.9 Å². The average molecular weight is 276 g/mol. The minimum atomic E-state index is -0.598. The highest BCUT2D eigenvalue weighted by Gasteiger charge is 2.31. The molecule has 1 heterocycles. The normalized spacial score (nSPS) is 28.8. The molecule has 0 saturated heterocycles. The molecule has 1 fully saturated rings. The zero-order valence-corrected chi connectivity index (χ0v) is 11.4. The number of hydrogen-bond donors (Lipinski definition) is 2. The van der Waals surface area contributed by atoms with Crippen LogP contribution in [-0.2, 0) is 4.79 Å². The molecule has 3 N–H and O–H groups in total. The molecule has 0 bridgehead atoms. The molecular weight excluding hydrogens is 256 g/mol. The number of carbonyl (C=O) groups is 1. The van der Waals surface area contributed by atoms with Crippen LogP contribution in [0.15, 0.2) is 24.3 Å². The monoisotopic (exact) mass is 276 g/mol. The molecule has 5 nitrogen and oxygen atoms in total. The first-order valence-corrected chi connectivity index (χ1v) is 7.18. The van der Waals surface area contributed by atoms with Crippen molar-refractivity contribution in [3.05, 3.63) is 24.3 Å². The molecule has 1 saturated carbocycles. The third-order valence-electron chi connectivity index (χ3n) is 3.95. The third-order valence-corrected chi connectivity index (χ3v) is 3.95. The van der Waals surface area contributed by atoms with Crippen LogP contribution in [0.2, 0.25) is 0 Å². The fourth-order valence-electron chi connectivity index (χ4n) is 2.76. The number of fused-ring (bicyclic) bond motifs is 1. The van der Waals surface area contributed by atoms with Gasteiger partial charge in [0.15, 0.2) is 11.5 Å². The van der Waals surface area contributed by atoms with Gasteiger partial charge in [-0.05, 0) is 25.0 Å². The lowest BCUT2D eigenvalue weighted by atomic mass is 9.91. The van der Waals surface area contributed by atoms with E-state index in [9.17, 15) is 4.79 Å². The van der Waals surface area contributed by atoms with Gasteiger partial charge in [0.2, 0.25) is 6.10 Å². The lowest BCUT2D eigenvalue weighted by molar-refractivity contribution is -0.131.